The van der Waals surface area contributed by atoms with Gasteiger partial charge in [0.2, 0.25) is 0 Å². The molecule has 1 heterocycles. The summed E-state index contributed by atoms with van der Waals surface area (Å²) in [6.07, 6.45) is 1.01. The number of aryl methyl sites for hydroxylation is 1. The molecule has 3 N–H and O–H groups in total. The van der Waals surface area contributed by atoms with E-state index in [0.29, 0.717) is 5.92 Å². The number of benzene rings is 1. The van der Waals surface area contributed by atoms with Crippen LogP contribution in [0, 0.1) is 6.92 Å². The molecule has 0 saturated heterocycles. The van der Waals surface area contributed by atoms with Gasteiger partial charge < -0.3 is 10.7 Å². The number of hydrogen-bond donors (Lipinski definition) is 2. The van der Waals surface area contributed by atoms with Crippen molar-refractivity contribution in [2.75, 3.05) is 6.54 Å². The molecule has 0 amide bonds. The Morgan fingerprint density at radius 2 is 1.95 bits per heavy atom. The molecule has 0 atom stereocenters. The Balaban J connectivity index is 2.65. The first-order chi connectivity index (χ1) is 8.86. The Labute approximate surface area is 116 Å². The maximum atomic E-state index is 5.78. The zero-order chi connectivity index (χ0) is 14.2. The van der Waals surface area contributed by atoms with Crippen LogP contribution in [0.3, 0.4) is 0 Å². The largest absolute Gasteiger partial charge is 0.358 e. The summed E-state index contributed by atoms with van der Waals surface area (Å²) < 4.78 is 0. The predicted octanol–water partition coefficient (Wildman–Crippen LogP) is 4.23. The Morgan fingerprint density at radius 1 is 1.26 bits per heavy atom. The number of aromatic nitrogens is 1. The monoisotopic (exact) mass is 258 g/mol. The zero-order valence-corrected chi connectivity index (χ0v) is 12.8. The van der Waals surface area contributed by atoms with E-state index in [0.717, 1.165) is 13.0 Å². The molecule has 0 radical (unpaired) electrons. The van der Waals surface area contributed by atoms with Gasteiger partial charge in [0.05, 0.1) is 0 Å². The smallest absolute Gasteiger partial charge is 0.0459 e. The van der Waals surface area contributed by atoms with Crippen molar-refractivity contribution in [2.24, 2.45) is 5.73 Å². The second kappa shape index (κ2) is 5.01. The van der Waals surface area contributed by atoms with E-state index in [1.165, 1.54) is 27.7 Å². The number of nitrogens with two attached hydrogens (primary N) is 1. The van der Waals surface area contributed by atoms with Crippen molar-refractivity contribution in [3.63, 3.8) is 0 Å². The van der Waals surface area contributed by atoms with Crippen LogP contribution in [0.4, 0.5) is 0 Å². The first-order valence-corrected chi connectivity index (χ1v) is 7.19. The fourth-order valence-electron chi connectivity index (χ4n) is 3.06. The third-order valence-corrected chi connectivity index (χ3v) is 4.12. The quantitative estimate of drug-likeness (QED) is 0.846. The maximum Gasteiger partial charge on any atom is 0.0459 e. The molecule has 1 aromatic carbocycles. The third-order valence-electron chi connectivity index (χ3n) is 4.12. The SMILES string of the molecule is Cc1[nH]c2ccc(C(C)C)cc2c1C(C)(C)CCN. The van der Waals surface area contributed by atoms with E-state index >= 15 is 0 Å². The van der Waals surface area contributed by atoms with Gasteiger partial charge in [0.15, 0.2) is 0 Å². The number of rotatable bonds is 4. The van der Waals surface area contributed by atoms with E-state index in [1.54, 1.807) is 0 Å². The highest BCUT2D eigenvalue weighted by molar-refractivity contribution is 5.86. The summed E-state index contributed by atoms with van der Waals surface area (Å²) in [6.45, 7) is 12.0. The highest BCUT2D eigenvalue weighted by atomic mass is 14.7. The standard InChI is InChI=1S/C17H26N2/c1-11(2)13-6-7-15-14(10-13)16(12(3)19-15)17(4,5)8-9-18/h6-7,10-11,19H,8-9,18H2,1-5H3. The molecule has 0 bridgehead atoms. The Bertz CT molecular complexity index is 576. The number of nitrogens with one attached hydrogen (secondary N) is 1. The molecule has 104 valence electrons. The van der Waals surface area contributed by atoms with Crippen LogP contribution in [0.1, 0.15) is 56.9 Å². The van der Waals surface area contributed by atoms with Crippen LogP contribution in [0.15, 0.2) is 18.2 Å². The van der Waals surface area contributed by atoms with Crippen molar-refractivity contribution in [2.45, 2.75) is 52.4 Å². The lowest BCUT2D eigenvalue weighted by Crippen LogP contribution is -2.22. The minimum absolute atomic E-state index is 0.118. The molecule has 2 aromatic rings. The van der Waals surface area contributed by atoms with Crippen molar-refractivity contribution >= 4 is 10.9 Å². The van der Waals surface area contributed by atoms with E-state index in [9.17, 15) is 0 Å². The summed E-state index contributed by atoms with van der Waals surface area (Å²) in [4.78, 5) is 3.52. The van der Waals surface area contributed by atoms with Gasteiger partial charge >= 0.3 is 0 Å². The summed E-state index contributed by atoms with van der Waals surface area (Å²) in [5.74, 6) is 0.560. The maximum absolute atomic E-state index is 5.78. The molecular formula is C17H26N2. The second-order valence-electron chi connectivity index (χ2n) is 6.51. The lowest BCUT2D eigenvalue weighted by molar-refractivity contribution is 0.489. The molecule has 0 spiro atoms. The van der Waals surface area contributed by atoms with Gasteiger partial charge in [-0.2, -0.15) is 0 Å². The van der Waals surface area contributed by atoms with E-state index in [1.807, 2.05) is 0 Å². The van der Waals surface area contributed by atoms with Crippen LogP contribution >= 0.6 is 0 Å². The van der Waals surface area contributed by atoms with Crippen LogP contribution in [-0.4, -0.2) is 11.5 Å². The van der Waals surface area contributed by atoms with Crippen molar-refractivity contribution in [1.82, 2.24) is 4.98 Å². The molecule has 0 aliphatic heterocycles. The van der Waals surface area contributed by atoms with Gasteiger partial charge in [0.1, 0.15) is 0 Å². The van der Waals surface area contributed by atoms with Gasteiger partial charge in [0.25, 0.3) is 0 Å². The molecule has 0 aliphatic carbocycles. The average molecular weight is 258 g/mol. The lowest BCUT2D eigenvalue weighted by atomic mass is 9.79. The van der Waals surface area contributed by atoms with Gasteiger partial charge in [-0.1, -0.05) is 33.8 Å². The van der Waals surface area contributed by atoms with Crippen LogP contribution in [0.2, 0.25) is 0 Å². The van der Waals surface area contributed by atoms with E-state index in [-0.39, 0.29) is 5.41 Å². The molecule has 2 heteroatoms. The third kappa shape index (κ3) is 2.55. The molecule has 0 saturated carbocycles. The molecule has 2 nitrogen and oxygen atoms in total. The number of H-pyrrole nitrogens is 1. The van der Waals surface area contributed by atoms with Gasteiger partial charge in [-0.05, 0) is 54.5 Å². The lowest BCUT2D eigenvalue weighted by Gasteiger charge is -2.25. The van der Waals surface area contributed by atoms with Crippen LogP contribution < -0.4 is 5.73 Å². The fraction of sp³-hybridized carbons (Fsp3) is 0.529. The average Bonchev–Trinajstić information content (AvgIpc) is 2.63. The van der Waals surface area contributed by atoms with Crippen molar-refractivity contribution in [3.8, 4) is 0 Å². The summed E-state index contributed by atoms with van der Waals surface area (Å²) in [5.41, 5.74) is 11.2. The molecule has 1 aromatic heterocycles. The predicted molar refractivity (Wildman–Crippen MR) is 83.8 cm³/mol. The van der Waals surface area contributed by atoms with Crippen LogP contribution in [-0.2, 0) is 5.41 Å². The van der Waals surface area contributed by atoms with Crippen LogP contribution in [0.5, 0.6) is 0 Å². The van der Waals surface area contributed by atoms with Crippen molar-refractivity contribution in [3.05, 3.63) is 35.0 Å². The highest BCUT2D eigenvalue weighted by Crippen LogP contribution is 2.36. The topological polar surface area (TPSA) is 41.8 Å². The molecule has 0 aliphatic rings. The van der Waals surface area contributed by atoms with Gasteiger partial charge in [-0.25, -0.2) is 0 Å². The van der Waals surface area contributed by atoms with E-state index < -0.39 is 0 Å². The first kappa shape index (κ1) is 14.1. The minimum atomic E-state index is 0.118. The first-order valence-electron chi connectivity index (χ1n) is 7.19. The Kier molecular flexibility index (Phi) is 3.73. The molecule has 2 rings (SSSR count). The van der Waals surface area contributed by atoms with Gasteiger partial charge in [-0.15, -0.1) is 0 Å². The Morgan fingerprint density at radius 3 is 2.53 bits per heavy atom. The zero-order valence-electron chi connectivity index (χ0n) is 12.8. The fourth-order valence-corrected chi connectivity index (χ4v) is 3.06. The molecular weight excluding hydrogens is 232 g/mol. The van der Waals surface area contributed by atoms with Crippen molar-refractivity contribution in [1.29, 1.82) is 0 Å². The van der Waals surface area contributed by atoms with E-state index in [2.05, 4.69) is 57.8 Å². The molecule has 0 fully saturated rings. The summed E-state index contributed by atoms with van der Waals surface area (Å²) >= 11 is 0. The number of fused-ring (bicyclic) bond motifs is 1. The van der Waals surface area contributed by atoms with Crippen molar-refractivity contribution < 1.29 is 0 Å². The Hall–Kier alpha value is -1.28. The number of hydrogen-bond acceptors (Lipinski definition) is 1. The van der Waals surface area contributed by atoms with Crippen LogP contribution in [0.25, 0.3) is 10.9 Å². The minimum Gasteiger partial charge on any atom is -0.358 e. The molecule has 0 unspecified atom stereocenters. The normalized spacial score (nSPS) is 12.6. The highest BCUT2D eigenvalue weighted by Gasteiger charge is 2.25. The summed E-state index contributed by atoms with van der Waals surface area (Å²) in [5, 5.41) is 1.36. The van der Waals surface area contributed by atoms with E-state index in [4.69, 9.17) is 5.73 Å². The molecule has 19 heavy (non-hydrogen) atoms. The van der Waals surface area contributed by atoms with Gasteiger partial charge in [0, 0.05) is 16.6 Å². The summed E-state index contributed by atoms with van der Waals surface area (Å²) in [6, 6.07) is 6.78. The number of aromatic amines is 1. The van der Waals surface area contributed by atoms with Gasteiger partial charge in [-0.3, -0.25) is 0 Å². The second-order valence-corrected chi connectivity index (χ2v) is 6.51. The summed E-state index contributed by atoms with van der Waals surface area (Å²) in [7, 11) is 0.